The van der Waals surface area contributed by atoms with Crippen molar-refractivity contribution in [3.8, 4) is 0 Å². The van der Waals surface area contributed by atoms with Crippen molar-refractivity contribution >= 4 is 11.5 Å². The second-order valence-electron chi connectivity index (χ2n) is 4.78. The summed E-state index contributed by atoms with van der Waals surface area (Å²) in [4.78, 5) is 11.2. The van der Waals surface area contributed by atoms with Crippen LogP contribution in [-0.4, -0.2) is 11.8 Å². The maximum absolute atomic E-state index is 11.2. The molecule has 1 aromatic rings. The molecule has 0 radical (unpaired) electrons. The molecule has 0 atom stereocenters. The minimum atomic E-state index is 0.416. The van der Waals surface area contributed by atoms with Crippen LogP contribution in [0.1, 0.15) is 36.8 Å². The van der Waals surface area contributed by atoms with Gasteiger partial charge in [-0.2, -0.15) is 0 Å². The Hall–Kier alpha value is -1.31. The van der Waals surface area contributed by atoms with Gasteiger partial charge in [-0.1, -0.05) is 12.1 Å². The van der Waals surface area contributed by atoms with Crippen LogP contribution in [-0.2, 0) is 4.79 Å². The zero-order chi connectivity index (χ0) is 11.5. The average molecular weight is 217 g/mol. The molecule has 1 aromatic carbocycles. The highest BCUT2D eigenvalue weighted by molar-refractivity contribution is 5.79. The molecule has 2 heteroatoms. The summed E-state index contributed by atoms with van der Waals surface area (Å²) in [5.41, 5.74) is 3.78. The van der Waals surface area contributed by atoms with Crippen molar-refractivity contribution in [2.75, 3.05) is 5.32 Å². The smallest absolute Gasteiger partial charge is 0.133 e. The van der Waals surface area contributed by atoms with Gasteiger partial charge in [0.25, 0.3) is 0 Å². The second-order valence-corrected chi connectivity index (χ2v) is 4.78. The maximum Gasteiger partial charge on any atom is 0.133 e. The Morgan fingerprint density at radius 1 is 1.19 bits per heavy atom. The van der Waals surface area contributed by atoms with Gasteiger partial charge >= 0.3 is 0 Å². The van der Waals surface area contributed by atoms with E-state index in [1.807, 2.05) is 0 Å². The van der Waals surface area contributed by atoms with E-state index < -0.39 is 0 Å². The van der Waals surface area contributed by atoms with Crippen LogP contribution in [0.15, 0.2) is 18.2 Å². The van der Waals surface area contributed by atoms with E-state index in [9.17, 15) is 4.79 Å². The molecule has 0 saturated heterocycles. The third-order valence-electron chi connectivity index (χ3n) is 3.30. The molecule has 2 rings (SSSR count). The van der Waals surface area contributed by atoms with Crippen molar-refractivity contribution in [1.29, 1.82) is 0 Å². The Balaban J connectivity index is 2.03. The first-order chi connectivity index (χ1) is 7.65. The fourth-order valence-corrected chi connectivity index (χ4v) is 2.20. The number of hydrogen-bond acceptors (Lipinski definition) is 2. The second kappa shape index (κ2) is 4.69. The van der Waals surface area contributed by atoms with Crippen LogP contribution < -0.4 is 5.32 Å². The predicted octanol–water partition coefficient (Wildman–Crippen LogP) is 3.23. The topological polar surface area (TPSA) is 29.1 Å². The number of rotatable bonds is 2. The number of Topliss-reactive ketones (excluding diaryl/α,β-unsaturated/α-hetero) is 1. The Morgan fingerprint density at radius 3 is 2.56 bits per heavy atom. The van der Waals surface area contributed by atoms with Crippen molar-refractivity contribution in [3.63, 3.8) is 0 Å². The molecule has 2 nitrogen and oxygen atoms in total. The lowest BCUT2D eigenvalue weighted by Crippen LogP contribution is -2.26. The van der Waals surface area contributed by atoms with Gasteiger partial charge in [-0.05, 0) is 43.9 Å². The van der Waals surface area contributed by atoms with Crippen LogP contribution in [0.25, 0.3) is 0 Å². The molecule has 0 bridgehead atoms. The molecule has 1 aliphatic carbocycles. The van der Waals surface area contributed by atoms with Crippen molar-refractivity contribution in [1.82, 2.24) is 0 Å². The van der Waals surface area contributed by atoms with Gasteiger partial charge in [0.15, 0.2) is 0 Å². The largest absolute Gasteiger partial charge is 0.382 e. The fourth-order valence-electron chi connectivity index (χ4n) is 2.20. The van der Waals surface area contributed by atoms with Crippen LogP contribution in [0.5, 0.6) is 0 Å². The summed E-state index contributed by atoms with van der Waals surface area (Å²) < 4.78 is 0. The van der Waals surface area contributed by atoms with Crippen molar-refractivity contribution in [3.05, 3.63) is 29.3 Å². The van der Waals surface area contributed by atoms with Crippen molar-refractivity contribution in [2.24, 2.45) is 0 Å². The normalized spacial score (nSPS) is 17.5. The van der Waals surface area contributed by atoms with Gasteiger partial charge in [0.05, 0.1) is 0 Å². The number of ketones is 1. The fraction of sp³-hybridized carbons (Fsp3) is 0.500. The number of benzene rings is 1. The third kappa shape index (κ3) is 2.63. The minimum Gasteiger partial charge on any atom is -0.382 e. The monoisotopic (exact) mass is 217 g/mol. The lowest BCUT2D eigenvalue weighted by Gasteiger charge is -2.24. The molecule has 86 valence electrons. The van der Waals surface area contributed by atoms with Gasteiger partial charge < -0.3 is 5.32 Å². The standard InChI is InChI=1S/C14H19NO/c1-10-3-4-11(2)14(9-10)15-12-5-7-13(16)8-6-12/h3-4,9,12,15H,5-8H2,1-2H3. The summed E-state index contributed by atoms with van der Waals surface area (Å²) in [5.74, 6) is 0.416. The van der Waals surface area contributed by atoms with E-state index >= 15 is 0 Å². The Labute approximate surface area is 97.1 Å². The van der Waals surface area contributed by atoms with E-state index in [1.54, 1.807) is 0 Å². The molecule has 0 heterocycles. The Kier molecular flexibility index (Phi) is 3.28. The number of anilines is 1. The van der Waals surface area contributed by atoms with Gasteiger partial charge in [0.1, 0.15) is 5.78 Å². The lowest BCUT2D eigenvalue weighted by molar-refractivity contribution is -0.120. The van der Waals surface area contributed by atoms with E-state index in [2.05, 4.69) is 37.4 Å². The first-order valence-corrected chi connectivity index (χ1v) is 6.00. The Bertz CT molecular complexity index is 388. The molecule has 16 heavy (non-hydrogen) atoms. The van der Waals surface area contributed by atoms with E-state index in [-0.39, 0.29) is 0 Å². The first kappa shape index (κ1) is 11.2. The van der Waals surface area contributed by atoms with Crippen LogP contribution in [0.4, 0.5) is 5.69 Å². The molecule has 1 fully saturated rings. The number of hydrogen-bond donors (Lipinski definition) is 1. The summed E-state index contributed by atoms with van der Waals surface area (Å²) in [7, 11) is 0. The summed E-state index contributed by atoms with van der Waals surface area (Å²) in [6.07, 6.45) is 3.43. The van der Waals surface area contributed by atoms with Crippen molar-refractivity contribution in [2.45, 2.75) is 45.6 Å². The van der Waals surface area contributed by atoms with Gasteiger partial charge in [-0.15, -0.1) is 0 Å². The summed E-state index contributed by atoms with van der Waals surface area (Å²) in [6.45, 7) is 4.23. The quantitative estimate of drug-likeness (QED) is 0.824. The molecule has 0 aliphatic heterocycles. The van der Waals surface area contributed by atoms with Crippen LogP contribution >= 0.6 is 0 Å². The molecular weight excluding hydrogens is 198 g/mol. The zero-order valence-electron chi connectivity index (χ0n) is 10.0. The highest BCUT2D eigenvalue weighted by atomic mass is 16.1. The first-order valence-electron chi connectivity index (χ1n) is 6.00. The highest BCUT2D eigenvalue weighted by Gasteiger charge is 2.18. The van der Waals surface area contributed by atoms with Crippen molar-refractivity contribution < 1.29 is 4.79 Å². The number of carbonyl (C=O) groups is 1. The van der Waals surface area contributed by atoms with E-state index in [0.717, 1.165) is 25.7 Å². The van der Waals surface area contributed by atoms with E-state index in [1.165, 1.54) is 16.8 Å². The molecular formula is C14H19NO. The summed E-state index contributed by atoms with van der Waals surface area (Å²) in [5, 5.41) is 3.56. The molecule has 1 aliphatic rings. The molecule has 1 saturated carbocycles. The van der Waals surface area contributed by atoms with Gasteiger partial charge in [0, 0.05) is 24.6 Å². The van der Waals surface area contributed by atoms with Crippen LogP contribution in [0.2, 0.25) is 0 Å². The molecule has 0 amide bonds. The number of carbonyl (C=O) groups excluding carboxylic acids is 1. The highest BCUT2D eigenvalue weighted by Crippen LogP contribution is 2.22. The average Bonchev–Trinajstić information content (AvgIpc) is 2.27. The zero-order valence-corrected chi connectivity index (χ0v) is 10.0. The summed E-state index contributed by atoms with van der Waals surface area (Å²) in [6, 6.07) is 6.93. The van der Waals surface area contributed by atoms with E-state index in [4.69, 9.17) is 0 Å². The van der Waals surface area contributed by atoms with Crippen LogP contribution in [0.3, 0.4) is 0 Å². The van der Waals surface area contributed by atoms with E-state index in [0.29, 0.717) is 11.8 Å². The van der Waals surface area contributed by atoms with Gasteiger partial charge in [0.2, 0.25) is 0 Å². The number of aryl methyl sites for hydroxylation is 2. The maximum atomic E-state index is 11.2. The molecule has 1 N–H and O–H groups in total. The Morgan fingerprint density at radius 2 is 1.88 bits per heavy atom. The van der Waals surface area contributed by atoms with Gasteiger partial charge in [-0.3, -0.25) is 4.79 Å². The molecule has 0 aromatic heterocycles. The van der Waals surface area contributed by atoms with Gasteiger partial charge in [-0.25, -0.2) is 0 Å². The molecule has 0 unspecified atom stereocenters. The predicted molar refractivity (Wildman–Crippen MR) is 66.8 cm³/mol. The summed E-state index contributed by atoms with van der Waals surface area (Å²) >= 11 is 0. The lowest BCUT2D eigenvalue weighted by atomic mass is 9.94. The van der Waals surface area contributed by atoms with Crippen LogP contribution in [0, 0.1) is 13.8 Å². The third-order valence-corrected chi connectivity index (χ3v) is 3.30. The minimum absolute atomic E-state index is 0.416. The molecule has 0 spiro atoms. The number of nitrogens with one attached hydrogen (secondary N) is 1. The SMILES string of the molecule is Cc1ccc(C)c(NC2CCC(=O)CC2)c1.